The van der Waals surface area contributed by atoms with Gasteiger partial charge in [-0.05, 0) is 47.9 Å². The molecule has 6 rings (SSSR count). The number of nitrogens with one attached hydrogen (secondary N) is 1. The third-order valence-electron chi connectivity index (χ3n) is 6.69. The van der Waals surface area contributed by atoms with Crippen LogP contribution < -0.4 is 14.8 Å². The monoisotopic (exact) mass is 507 g/mol. The number of hydrogen-bond donors (Lipinski definition) is 1. The van der Waals surface area contributed by atoms with Gasteiger partial charge in [0.1, 0.15) is 29.7 Å². The fraction of sp³-hybridized carbons (Fsp3) is 0.194. The van der Waals surface area contributed by atoms with E-state index >= 15 is 0 Å². The number of aromatic nitrogens is 2. The van der Waals surface area contributed by atoms with E-state index in [1.54, 1.807) is 0 Å². The van der Waals surface area contributed by atoms with Crippen molar-refractivity contribution in [3.05, 3.63) is 108 Å². The van der Waals surface area contributed by atoms with Crippen LogP contribution in [0.25, 0.3) is 22.2 Å². The number of aryl methyl sites for hydroxylation is 1. The fourth-order valence-corrected chi connectivity index (χ4v) is 5.69. The van der Waals surface area contributed by atoms with E-state index in [0.29, 0.717) is 11.9 Å². The van der Waals surface area contributed by atoms with Gasteiger partial charge in [0.25, 0.3) is 0 Å². The zero-order chi connectivity index (χ0) is 25.0. The molecule has 1 aliphatic heterocycles. The third-order valence-corrected chi connectivity index (χ3v) is 7.87. The molecule has 1 fully saturated rings. The molecule has 5 nitrogen and oxygen atoms in total. The summed E-state index contributed by atoms with van der Waals surface area (Å²) in [5.74, 6) is 4.38. The number of fused-ring (bicyclic) bond motifs is 1. The molecule has 37 heavy (non-hydrogen) atoms. The van der Waals surface area contributed by atoms with E-state index in [0.717, 1.165) is 64.1 Å². The first-order valence-electron chi connectivity index (χ1n) is 12.5. The molecule has 4 aromatic carbocycles. The van der Waals surface area contributed by atoms with Crippen LogP contribution in [0.2, 0.25) is 0 Å². The lowest BCUT2D eigenvalue weighted by atomic mass is 10.0. The Morgan fingerprint density at radius 1 is 0.919 bits per heavy atom. The minimum atomic E-state index is 0.403. The quantitative estimate of drug-likeness (QED) is 0.250. The smallest absolute Gasteiger partial charge is 0.147 e. The molecule has 1 unspecified atom stereocenters. The van der Waals surface area contributed by atoms with Crippen LogP contribution >= 0.6 is 11.8 Å². The molecule has 0 saturated carbocycles. The van der Waals surface area contributed by atoms with Crippen molar-refractivity contribution in [2.75, 3.05) is 12.4 Å². The SMILES string of the molecule is Cn1c(COc2ccc(CC3CNCS3)cc2)nc2ccc(Oc3ccccc3-c3ccccc3)cc21. The first kappa shape index (κ1) is 23.6. The van der Waals surface area contributed by atoms with Crippen LogP contribution in [0, 0.1) is 0 Å². The van der Waals surface area contributed by atoms with E-state index in [1.165, 1.54) is 5.56 Å². The van der Waals surface area contributed by atoms with Crippen molar-refractivity contribution in [3.8, 4) is 28.4 Å². The van der Waals surface area contributed by atoms with Gasteiger partial charge < -0.3 is 19.4 Å². The van der Waals surface area contributed by atoms with Crippen molar-refractivity contribution in [1.29, 1.82) is 0 Å². The standard InChI is InChI=1S/C31H29N3O2S/c1-34-29-18-25(36-30-10-6-5-9-27(30)23-7-3-2-4-8-23)15-16-28(29)33-31(34)20-35-24-13-11-22(12-14-24)17-26-19-32-21-37-26/h2-16,18,26,32H,17,19-21H2,1H3. The highest BCUT2D eigenvalue weighted by Gasteiger charge is 2.15. The summed E-state index contributed by atoms with van der Waals surface area (Å²) in [5, 5.41) is 4.06. The highest BCUT2D eigenvalue weighted by atomic mass is 32.2. The molecule has 2 heterocycles. The lowest BCUT2D eigenvalue weighted by Gasteiger charge is -2.12. The van der Waals surface area contributed by atoms with E-state index in [2.05, 4.69) is 52.3 Å². The van der Waals surface area contributed by atoms with E-state index < -0.39 is 0 Å². The molecule has 186 valence electrons. The highest BCUT2D eigenvalue weighted by Crippen LogP contribution is 2.34. The maximum absolute atomic E-state index is 6.35. The van der Waals surface area contributed by atoms with Gasteiger partial charge in [-0.25, -0.2) is 4.98 Å². The van der Waals surface area contributed by atoms with Crippen LogP contribution in [0.5, 0.6) is 17.2 Å². The molecule has 5 aromatic rings. The Morgan fingerprint density at radius 2 is 1.70 bits per heavy atom. The number of benzene rings is 4. The second-order valence-electron chi connectivity index (χ2n) is 9.23. The number of rotatable bonds is 8. The van der Waals surface area contributed by atoms with Crippen LogP contribution in [0.4, 0.5) is 0 Å². The number of thioether (sulfide) groups is 1. The predicted octanol–water partition coefficient (Wildman–Crippen LogP) is 6.82. The molecule has 0 bridgehead atoms. The molecule has 1 saturated heterocycles. The summed E-state index contributed by atoms with van der Waals surface area (Å²) >= 11 is 1.99. The van der Waals surface area contributed by atoms with Gasteiger partial charge >= 0.3 is 0 Å². The zero-order valence-corrected chi connectivity index (χ0v) is 21.6. The van der Waals surface area contributed by atoms with Gasteiger partial charge in [-0.1, -0.05) is 60.7 Å². The third kappa shape index (κ3) is 5.36. The van der Waals surface area contributed by atoms with Crippen LogP contribution in [-0.4, -0.2) is 27.2 Å². The second kappa shape index (κ2) is 10.7. The van der Waals surface area contributed by atoms with Crippen molar-refractivity contribution < 1.29 is 9.47 Å². The Hall–Kier alpha value is -3.74. The summed E-state index contributed by atoms with van der Waals surface area (Å²) in [6, 6.07) is 32.9. The van der Waals surface area contributed by atoms with Gasteiger partial charge in [0.15, 0.2) is 0 Å². The minimum Gasteiger partial charge on any atom is -0.486 e. The largest absolute Gasteiger partial charge is 0.486 e. The van der Waals surface area contributed by atoms with Gasteiger partial charge in [0.2, 0.25) is 0 Å². The van der Waals surface area contributed by atoms with E-state index in [4.69, 9.17) is 14.5 Å². The molecule has 0 aliphatic carbocycles. The molecular formula is C31H29N3O2S. The topological polar surface area (TPSA) is 48.3 Å². The molecular weight excluding hydrogens is 478 g/mol. The van der Waals surface area contributed by atoms with Crippen molar-refractivity contribution in [2.24, 2.45) is 7.05 Å². The number of para-hydroxylation sites is 1. The van der Waals surface area contributed by atoms with E-state index in [-0.39, 0.29) is 0 Å². The normalized spacial score (nSPS) is 15.2. The summed E-state index contributed by atoms with van der Waals surface area (Å²) in [6.07, 6.45) is 1.09. The Morgan fingerprint density at radius 3 is 2.51 bits per heavy atom. The first-order chi connectivity index (χ1) is 18.2. The molecule has 0 radical (unpaired) electrons. The average Bonchev–Trinajstić information content (AvgIpc) is 3.57. The van der Waals surface area contributed by atoms with Crippen LogP contribution in [0.15, 0.2) is 97.1 Å². The van der Waals surface area contributed by atoms with Crippen molar-refractivity contribution >= 4 is 22.8 Å². The number of imidazole rings is 1. The number of hydrogen-bond acceptors (Lipinski definition) is 5. The average molecular weight is 508 g/mol. The maximum atomic E-state index is 6.35. The molecule has 1 N–H and O–H groups in total. The maximum Gasteiger partial charge on any atom is 0.147 e. The summed E-state index contributed by atoms with van der Waals surface area (Å²) in [6.45, 7) is 1.49. The van der Waals surface area contributed by atoms with Crippen LogP contribution in [0.3, 0.4) is 0 Å². The van der Waals surface area contributed by atoms with E-state index in [9.17, 15) is 0 Å². The molecule has 0 spiro atoms. The Labute approximate surface area is 221 Å². The van der Waals surface area contributed by atoms with Crippen molar-refractivity contribution in [2.45, 2.75) is 18.3 Å². The van der Waals surface area contributed by atoms with Gasteiger partial charge in [-0.15, -0.1) is 11.8 Å². The van der Waals surface area contributed by atoms with Gasteiger partial charge in [0, 0.05) is 36.3 Å². The number of nitrogens with zero attached hydrogens (tertiary/aromatic N) is 2. The molecule has 1 aromatic heterocycles. The van der Waals surface area contributed by atoms with Gasteiger partial charge in [-0.2, -0.15) is 0 Å². The molecule has 1 atom stereocenters. The summed E-state index contributed by atoms with van der Waals surface area (Å²) in [5.41, 5.74) is 5.46. The lowest BCUT2D eigenvalue weighted by Crippen LogP contribution is -2.14. The van der Waals surface area contributed by atoms with Gasteiger partial charge in [0.05, 0.1) is 11.0 Å². The Kier molecular flexibility index (Phi) is 6.84. The molecule has 6 heteroatoms. The summed E-state index contributed by atoms with van der Waals surface area (Å²) in [4.78, 5) is 4.80. The van der Waals surface area contributed by atoms with Crippen molar-refractivity contribution in [1.82, 2.24) is 14.9 Å². The number of ether oxygens (including phenoxy) is 2. The lowest BCUT2D eigenvalue weighted by molar-refractivity contribution is 0.292. The van der Waals surface area contributed by atoms with Gasteiger partial charge in [-0.3, -0.25) is 0 Å². The zero-order valence-electron chi connectivity index (χ0n) is 20.8. The molecule has 1 aliphatic rings. The predicted molar refractivity (Wildman–Crippen MR) is 151 cm³/mol. The second-order valence-corrected chi connectivity index (χ2v) is 10.5. The highest BCUT2D eigenvalue weighted by molar-refractivity contribution is 8.00. The summed E-state index contributed by atoms with van der Waals surface area (Å²) < 4.78 is 14.5. The van der Waals surface area contributed by atoms with E-state index in [1.807, 2.05) is 73.4 Å². The Balaban J connectivity index is 1.16. The fourth-order valence-electron chi connectivity index (χ4n) is 4.67. The first-order valence-corrected chi connectivity index (χ1v) is 13.6. The van der Waals surface area contributed by atoms with Crippen LogP contribution in [-0.2, 0) is 20.1 Å². The van der Waals surface area contributed by atoms with Crippen molar-refractivity contribution in [3.63, 3.8) is 0 Å². The van der Waals surface area contributed by atoms with Crippen LogP contribution in [0.1, 0.15) is 11.4 Å². The minimum absolute atomic E-state index is 0.403. The molecule has 0 amide bonds. The summed E-state index contributed by atoms with van der Waals surface area (Å²) in [7, 11) is 2.02. The Bertz CT molecular complexity index is 1490.